The van der Waals surface area contributed by atoms with E-state index in [0.717, 1.165) is 0 Å². The van der Waals surface area contributed by atoms with Crippen molar-refractivity contribution in [3.63, 3.8) is 0 Å². The molecule has 0 fully saturated rings. The zero-order chi connectivity index (χ0) is 19.2. The fourth-order valence-corrected chi connectivity index (χ4v) is 2.40. The maximum Gasteiger partial charge on any atom is 0.274 e. The fraction of sp³-hybridized carbons (Fsp3) is 0.0500. The summed E-state index contributed by atoms with van der Waals surface area (Å²) in [4.78, 5) is 28.8. The molecule has 0 spiro atoms. The topological polar surface area (TPSA) is 80.3 Å². The second kappa shape index (κ2) is 8.09. The highest BCUT2D eigenvalue weighted by molar-refractivity contribution is 6.08. The molecule has 2 aromatic carbocycles. The first-order chi connectivity index (χ1) is 13.1. The SMILES string of the molecule is COc1ccccc1NC(=O)c1cc(C(=O)Nc2cccc(F)c2)ccn1. The van der Waals surface area contributed by atoms with Gasteiger partial charge in [-0.05, 0) is 42.5 Å². The minimum absolute atomic E-state index is 0.0628. The van der Waals surface area contributed by atoms with Crippen molar-refractivity contribution in [3.05, 3.63) is 83.9 Å². The number of para-hydroxylation sites is 2. The molecule has 0 saturated heterocycles. The number of carbonyl (C=O) groups is 2. The number of hydrogen-bond acceptors (Lipinski definition) is 4. The van der Waals surface area contributed by atoms with Crippen molar-refractivity contribution >= 4 is 23.2 Å². The molecule has 0 radical (unpaired) electrons. The molecule has 0 aliphatic heterocycles. The van der Waals surface area contributed by atoms with E-state index >= 15 is 0 Å². The third kappa shape index (κ3) is 4.46. The number of methoxy groups -OCH3 is 1. The summed E-state index contributed by atoms with van der Waals surface area (Å²) in [5, 5.41) is 5.27. The van der Waals surface area contributed by atoms with Gasteiger partial charge in [-0.25, -0.2) is 4.39 Å². The summed E-state index contributed by atoms with van der Waals surface area (Å²) in [7, 11) is 1.50. The van der Waals surface area contributed by atoms with E-state index in [1.165, 1.54) is 43.6 Å². The van der Waals surface area contributed by atoms with Crippen LogP contribution < -0.4 is 15.4 Å². The predicted molar refractivity (Wildman–Crippen MR) is 99.5 cm³/mol. The van der Waals surface area contributed by atoms with Crippen molar-refractivity contribution in [1.82, 2.24) is 4.98 Å². The summed E-state index contributed by atoms with van der Waals surface area (Å²) in [5.74, 6) is -0.917. The molecule has 0 aliphatic rings. The van der Waals surface area contributed by atoms with Crippen molar-refractivity contribution in [2.75, 3.05) is 17.7 Å². The van der Waals surface area contributed by atoms with E-state index in [1.54, 1.807) is 30.3 Å². The summed E-state index contributed by atoms with van der Waals surface area (Å²) in [6.45, 7) is 0. The molecule has 0 unspecified atom stereocenters. The van der Waals surface area contributed by atoms with E-state index in [-0.39, 0.29) is 11.3 Å². The maximum absolute atomic E-state index is 13.2. The molecular formula is C20H16FN3O3. The Morgan fingerprint density at radius 1 is 0.963 bits per heavy atom. The molecule has 2 amide bonds. The van der Waals surface area contributed by atoms with Gasteiger partial charge in [-0.2, -0.15) is 0 Å². The molecule has 1 aromatic heterocycles. The zero-order valence-corrected chi connectivity index (χ0v) is 14.4. The second-order valence-corrected chi connectivity index (χ2v) is 5.55. The van der Waals surface area contributed by atoms with Gasteiger partial charge in [0.25, 0.3) is 11.8 Å². The number of halogens is 1. The molecule has 27 heavy (non-hydrogen) atoms. The number of hydrogen-bond donors (Lipinski definition) is 2. The van der Waals surface area contributed by atoms with Crippen LogP contribution in [0.3, 0.4) is 0 Å². The van der Waals surface area contributed by atoms with E-state index in [4.69, 9.17) is 4.74 Å². The number of anilines is 2. The molecule has 0 saturated carbocycles. The van der Waals surface area contributed by atoms with Crippen LogP contribution in [0.1, 0.15) is 20.8 Å². The quantitative estimate of drug-likeness (QED) is 0.722. The normalized spacial score (nSPS) is 10.1. The number of nitrogens with zero attached hydrogens (tertiary/aromatic N) is 1. The van der Waals surface area contributed by atoms with Crippen LogP contribution in [0.25, 0.3) is 0 Å². The Hall–Kier alpha value is -3.74. The number of carbonyl (C=O) groups excluding carboxylic acids is 2. The Morgan fingerprint density at radius 2 is 1.78 bits per heavy atom. The fourth-order valence-electron chi connectivity index (χ4n) is 2.40. The van der Waals surface area contributed by atoms with Crippen LogP contribution >= 0.6 is 0 Å². The third-order valence-electron chi connectivity index (χ3n) is 3.69. The highest BCUT2D eigenvalue weighted by Crippen LogP contribution is 2.23. The minimum atomic E-state index is -0.486. The molecule has 0 aliphatic carbocycles. The summed E-state index contributed by atoms with van der Waals surface area (Å²) in [5.41, 5.74) is 1.09. The minimum Gasteiger partial charge on any atom is -0.495 e. The monoisotopic (exact) mass is 365 g/mol. The van der Waals surface area contributed by atoms with Crippen LogP contribution in [-0.4, -0.2) is 23.9 Å². The lowest BCUT2D eigenvalue weighted by molar-refractivity contribution is 0.102. The van der Waals surface area contributed by atoms with Gasteiger partial charge in [0.15, 0.2) is 0 Å². The Bertz CT molecular complexity index is 991. The molecule has 3 aromatic rings. The van der Waals surface area contributed by atoms with Crippen LogP contribution in [-0.2, 0) is 0 Å². The summed E-state index contributed by atoms with van der Waals surface area (Å²) < 4.78 is 18.4. The van der Waals surface area contributed by atoms with Crippen molar-refractivity contribution in [1.29, 1.82) is 0 Å². The highest BCUT2D eigenvalue weighted by Gasteiger charge is 2.14. The van der Waals surface area contributed by atoms with Gasteiger partial charge < -0.3 is 15.4 Å². The standard InChI is InChI=1S/C20H16FN3O3/c1-27-18-8-3-2-7-16(18)24-20(26)17-11-13(9-10-22-17)19(25)23-15-6-4-5-14(21)12-15/h2-12H,1H3,(H,23,25)(H,24,26). The maximum atomic E-state index is 13.2. The average Bonchev–Trinajstić information content (AvgIpc) is 2.68. The van der Waals surface area contributed by atoms with Gasteiger partial charge in [0.1, 0.15) is 17.3 Å². The Kier molecular flexibility index (Phi) is 5.41. The van der Waals surface area contributed by atoms with Gasteiger partial charge in [-0.1, -0.05) is 18.2 Å². The Morgan fingerprint density at radius 3 is 2.56 bits per heavy atom. The van der Waals surface area contributed by atoms with Crippen LogP contribution in [0.4, 0.5) is 15.8 Å². The van der Waals surface area contributed by atoms with Crippen LogP contribution in [0, 0.1) is 5.82 Å². The molecule has 136 valence electrons. The smallest absolute Gasteiger partial charge is 0.274 e. The second-order valence-electron chi connectivity index (χ2n) is 5.55. The number of benzene rings is 2. The van der Waals surface area contributed by atoms with Gasteiger partial charge >= 0.3 is 0 Å². The highest BCUT2D eigenvalue weighted by atomic mass is 19.1. The molecule has 1 heterocycles. The number of amides is 2. The Labute approximate surface area is 155 Å². The van der Waals surface area contributed by atoms with E-state index < -0.39 is 17.6 Å². The van der Waals surface area contributed by atoms with E-state index in [1.807, 2.05) is 0 Å². The molecule has 0 bridgehead atoms. The van der Waals surface area contributed by atoms with Crippen LogP contribution in [0.2, 0.25) is 0 Å². The predicted octanol–water partition coefficient (Wildman–Crippen LogP) is 3.73. The largest absolute Gasteiger partial charge is 0.495 e. The summed E-state index contributed by atoms with van der Waals surface area (Å²) >= 11 is 0. The number of nitrogens with one attached hydrogen (secondary N) is 2. The molecule has 3 rings (SSSR count). The van der Waals surface area contributed by atoms with E-state index in [2.05, 4.69) is 15.6 Å². The van der Waals surface area contributed by atoms with Gasteiger partial charge in [0.2, 0.25) is 0 Å². The average molecular weight is 365 g/mol. The van der Waals surface area contributed by atoms with Crippen molar-refractivity contribution in [3.8, 4) is 5.75 Å². The van der Waals surface area contributed by atoms with Crippen molar-refractivity contribution in [2.24, 2.45) is 0 Å². The molecule has 2 N–H and O–H groups in total. The van der Waals surface area contributed by atoms with Crippen LogP contribution in [0.15, 0.2) is 66.9 Å². The molecule has 7 heteroatoms. The number of aromatic nitrogens is 1. The van der Waals surface area contributed by atoms with Crippen molar-refractivity contribution < 1.29 is 18.7 Å². The van der Waals surface area contributed by atoms with E-state index in [9.17, 15) is 14.0 Å². The van der Waals surface area contributed by atoms with Crippen molar-refractivity contribution in [2.45, 2.75) is 0 Å². The Balaban J connectivity index is 1.76. The van der Waals surface area contributed by atoms with Gasteiger partial charge in [-0.15, -0.1) is 0 Å². The number of ether oxygens (including phenoxy) is 1. The summed E-state index contributed by atoms with van der Waals surface area (Å²) in [6.07, 6.45) is 1.36. The number of rotatable bonds is 5. The lowest BCUT2D eigenvalue weighted by atomic mass is 10.2. The summed E-state index contributed by atoms with van der Waals surface area (Å²) in [6, 6.07) is 15.3. The van der Waals surface area contributed by atoms with E-state index in [0.29, 0.717) is 17.1 Å². The first-order valence-electron chi connectivity index (χ1n) is 8.04. The first kappa shape index (κ1) is 18.1. The number of pyridine rings is 1. The first-order valence-corrected chi connectivity index (χ1v) is 8.04. The third-order valence-corrected chi connectivity index (χ3v) is 3.69. The lowest BCUT2D eigenvalue weighted by Crippen LogP contribution is -2.17. The van der Waals surface area contributed by atoms with Gasteiger partial charge in [0.05, 0.1) is 12.8 Å². The lowest BCUT2D eigenvalue weighted by Gasteiger charge is -2.10. The van der Waals surface area contributed by atoms with Gasteiger partial charge in [0, 0.05) is 17.4 Å². The zero-order valence-electron chi connectivity index (χ0n) is 14.4. The van der Waals surface area contributed by atoms with Crippen LogP contribution in [0.5, 0.6) is 5.75 Å². The molecular weight excluding hydrogens is 349 g/mol. The molecule has 0 atom stereocenters. The molecule has 6 nitrogen and oxygen atoms in total. The van der Waals surface area contributed by atoms with Gasteiger partial charge in [-0.3, -0.25) is 14.6 Å².